The number of likely N-dealkylation sites (tertiary alicyclic amines) is 1. The second-order valence-electron chi connectivity index (χ2n) is 11.1. The minimum absolute atomic E-state index is 0.0566. The molecular weight excluding hydrogens is 546 g/mol. The van der Waals surface area contributed by atoms with E-state index in [2.05, 4.69) is 30.6 Å². The highest BCUT2D eigenvalue weighted by Crippen LogP contribution is 2.30. The predicted molar refractivity (Wildman–Crippen MR) is 157 cm³/mol. The fraction of sp³-hybridized carbons (Fsp3) is 0.467. The van der Waals surface area contributed by atoms with Crippen LogP contribution in [-0.2, 0) is 17.9 Å². The van der Waals surface area contributed by atoms with E-state index in [0.29, 0.717) is 31.1 Å². The quantitative estimate of drug-likeness (QED) is 0.209. The van der Waals surface area contributed by atoms with E-state index < -0.39 is 12.3 Å². The van der Waals surface area contributed by atoms with E-state index in [0.717, 1.165) is 41.8 Å². The molecule has 0 saturated carbocycles. The molecule has 3 aromatic rings. The summed E-state index contributed by atoms with van der Waals surface area (Å²) in [7, 11) is 0. The highest BCUT2D eigenvalue weighted by molar-refractivity contribution is 7.14. The molecule has 41 heavy (non-hydrogen) atoms. The number of aromatic nitrogens is 2. The van der Waals surface area contributed by atoms with Gasteiger partial charge in [-0.3, -0.25) is 14.9 Å². The van der Waals surface area contributed by atoms with Crippen molar-refractivity contribution in [1.29, 1.82) is 5.26 Å². The van der Waals surface area contributed by atoms with E-state index in [1.807, 2.05) is 36.6 Å². The summed E-state index contributed by atoms with van der Waals surface area (Å²) in [5, 5.41) is 15.9. The number of halogens is 2. The summed E-state index contributed by atoms with van der Waals surface area (Å²) < 4.78 is 28.1. The van der Waals surface area contributed by atoms with Gasteiger partial charge in [-0.15, -0.1) is 11.3 Å². The van der Waals surface area contributed by atoms with Crippen LogP contribution < -0.4 is 10.6 Å². The van der Waals surface area contributed by atoms with E-state index in [9.17, 15) is 23.6 Å². The Bertz CT molecular complexity index is 1470. The first-order valence-electron chi connectivity index (χ1n) is 13.9. The third-order valence-electron chi connectivity index (χ3n) is 6.87. The van der Waals surface area contributed by atoms with Gasteiger partial charge in [0.15, 0.2) is 0 Å². The largest absolute Gasteiger partial charge is 0.333 e. The Morgan fingerprint density at radius 3 is 2.66 bits per heavy atom. The summed E-state index contributed by atoms with van der Waals surface area (Å²) in [4.78, 5) is 32.8. The van der Waals surface area contributed by atoms with Crippen LogP contribution in [0.25, 0.3) is 11.0 Å². The Balaban J connectivity index is 1.66. The molecule has 1 aromatic carbocycles. The van der Waals surface area contributed by atoms with Gasteiger partial charge in [-0.05, 0) is 61.1 Å². The van der Waals surface area contributed by atoms with Crippen LogP contribution in [-0.4, -0.2) is 45.4 Å². The fourth-order valence-electron chi connectivity index (χ4n) is 4.97. The van der Waals surface area contributed by atoms with Gasteiger partial charge >= 0.3 is 0 Å². The van der Waals surface area contributed by atoms with Crippen molar-refractivity contribution >= 4 is 40.1 Å². The Morgan fingerprint density at radius 1 is 1.22 bits per heavy atom. The summed E-state index contributed by atoms with van der Waals surface area (Å²) in [5.74, 6) is 0.0260. The summed E-state index contributed by atoms with van der Waals surface area (Å²) in [5.41, 5.74) is 2.62. The molecule has 1 aliphatic rings. The van der Waals surface area contributed by atoms with Crippen LogP contribution in [0.4, 0.5) is 14.7 Å². The van der Waals surface area contributed by atoms with Gasteiger partial charge in [-0.1, -0.05) is 39.8 Å². The number of rotatable bonds is 11. The number of nitrogens with zero attached hydrogens (tertiary/aromatic N) is 4. The molecule has 8 nitrogen and oxygen atoms in total. The van der Waals surface area contributed by atoms with Crippen LogP contribution in [0.15, 0.2) is 42.0 Å². The molecular formula is C30H36F2N6O2S. The number of benzene rings is 1. The molecule has 1 fully saturated rings. The Morgan fingerprint density at radius 2 is 2.00 bits per heavy atom. The van der Waals surface area contributed by atoms with Gasteiger partial charge in [-0.25, -0.2) is 13.8 Å². The smallest absolute Gasteiger partial charge is 0.272 e. The minimum Gasteiger partial charge on any atom is -0.333 e. The topological polar surface area (TPSA) is 103 Å². The number of nitrogens with one attached hydrogen (secondary N) is 2. The second kappa shape index (κ2) is 13.4. The first-order valence-corrected chi connectivity index (χ1v) is 14.7. The van der Waals surface area contributed by atoms with Gasteiger partial charge in [0.2, 0.25) is 5.95 Å². The molecule has 2 amide bonds. The maximum absolute atomic E-state index is 13.3. The Kier molecular flexibility index (Phi) is 9.89. The Hall–Kier alpha value is -3.62. The van der Waals surface area contributed by atoms with E-state index in [-0.39, 0.29) is 39.1 Å². The van der Waals surface area contributed by atoms with Crippen molar-refractivity contribution in [3.05, 3.63) is 57.3 Å². The first-order chi connectivity index (χ1) is 19.6. The SMILES string of the molecule is CC(C)C=C(C#N)C(=O)N1CCCC1Cn1c(NC(=O)c2ccc(C(F)F)s2)nc2cc(CNCC(C)C)ccc21. The number of allylic oxidation sites excluding steroid dienone is 1. The molecule has 2 N–H and O–H groups in total. The number of alkyl halides is 2. The lowest BCUT2D eigenvalue weighted by atomic mass is 10.1. The standard InChI is InChI=1S/C30H36F2N6O2S/c1-18(2)12-21(14-33)29(40)37-11-5-6-22(37)17-38-24-8-7-20(16-34-15-19(3)4)13-23(24)35-30(38)36-28(39)26-10-9-25(41-26)27(31)32/h7-10,12-13,18-19,22,27,34H,5-6,11,15-17H2,1-4H3,(H,35,36,39). The number of thiophene rings is 1. The van der Waals surface area contributed by atoms with Crippen LogP contribution in [0.5, 0.6) is 0 Å². The zero-order chi connectivity index (χ0) is 29.7. The number of hydrogen-bond donors (Lipinski definition) is 2. The molecule has 1 aliphatic heterocycles. The number of fused-ring (bicyclic) bond motifs is 1. The number of carbonyl (C=O) groups is 2. The minimum atomic E-state index is -2.65. The number of nitriles is 1. The highest BCUT2D eigenvalue weighted by atomic mass is 32.1. The summed E-state index contributed by atoms with van der Waals surface area (Å²) >= 11 is 0.745. The number of anilines is 1. The molecule has 0 radical (unpaired) electrons. The summed E-state index contributed by atoms with van der Waals surface area (Å²) in [6, 6.07) is 10.4. The van der Waals surface area contributed by atoms with Gasteiger partial charge in [0, 0.05) is 19.6 Å². The lowest BCUT2D eigenvalue weighted by Crippen LogP contribution is -2.39. The van der Waals surface area contributed by atoms with Gasteiger partial charge in [0.25, 0.3) is 18.2 Å². The normalized spacial score (nSPS) is 15.9. The average molecular weight is 583 g/mol. The molecule has 218 valence electrons. The lowest BCUT2D eigenvalue weighted by molar-refractivity contribution is -0.127. The van der Waals surface area contributed by atoms with Crippen LogP contribution in [0.1, 0.15) is 67.1 Å². The van der Waals surface area contributed by atoms with E-state index in [1.165, 1.54) is 12.1 Å². The molecule has 3 heterocycles. The zero-order valence-electron chi connectivity index (χ0n) is 23.8. The number of carbonyl (C=O) groups excluding carboxylic acids is 2. The van der Waals surface area contributed by atoms with E-state index in [4.69, 9.17) is 4.98 Å². The maximum atomic E-state index is 13.3. The molecule has 0 bridgehead atoms. The van der Waals surface area contributed by atoms with Crippen molar-refractivity contribution in [1.82, 2.24) is 19.8 Å². The van der Waals surface area contributed by atoms with Gasteiger partial charge in [-0.2, -0.15) is 5.26 Å². The van der Waals surface area contributed by atoms with E-state index in [1.54, 1.807) is 11.0 Å². The number of imidazole rings is 1. The van der Waals surface area contributed by atoms with Crippen molar-refractivity contribution in [2.45, 2.75) is 66.1 Å². The van der Waals surface area contributed by atoms with Crippen molar-refractivity contribution in [3.8, 4) is 6.07 Å². The van der Waals surface area contributed by atoms with Crippen LogP contribution in [0.3, 0.4) is 0 Å². The third-order valence-corrected chi connectivity index (χ3v) is 7.96. The summed E-state index contributed by atoms with van der Waals surface area (Å²) in [6.07, 6.45) is 0.559. The van der Waals surface area contributed by atoms with Crippen LogP contribution in [0, 0.1) is 23.2 Å². The molecule has 0 aliphatic carbocycles. The van der Waals surface area contributed by atoms with E-state index >= 15 is 0 Å². The molecule has 1 atom stereocenters. The number of hydrogen-bond acceptors (Lipinski definition) is 6. The monoisotopic (exact) mass is 582 g/mol. The molecule has 2 aromatic heterocycles. The molecule has 11 heteroatoms. The Labute approximate surface area is 243 Å². The van der Waals surface area contributed by atoms with Crippen LogP contribution in [0.2, 0.25) is 0 Å². The molecule has 1 saturated heterocycles. The van der Waals surface area contributed by atoms with Crippen molar-refractivity contribution in [2.24, 2.45) is 11.8 Å². The molecule has 1 unspecified atom stereocenters. The molecule has 4 rings (SSSR count). The number of amides is 2. The van der Waals surface area contributed by atoms with Gasteiger partial charge in [0.1, 0.15) is 11.6 Å². The fourth-order valence-corrected chi connectivity index (χ4v) is 5.73. The average Bonchev–Trinajstić information content (AvgIpc) is 3.66. The van der Waals surface area contributed by atoms with Gasteiger partial charge in [0.05, 0.1) is 26.8 Å². The molecule has 0 spiro atoms. The maximum Gasteiger partial charge on any atom is 0.272 e. The second-order valence-corrected chi connectivity index (χ2v) is 12.2. The van der Waals surface area contributed by atoms with Crippen molar-refractivity contribution < 1.29 is 18.4 Å². The highest BCUT2D eigenvalue weighted by Gasteiger charge is 2.32. The van der Waals surface area contributed by atoms with Crippen LogP contribution >= 0.6 is 11.3 Å². The van der Waals surface area contributed by atoms with Gasteiger partial charge < -0.3 is 14.8 Å². The predicted octanol–water partition coefficient (Wildman–Crippen LogP) is 6.13. The van der Waals surface area contributed by atoms with Crippen molar-refractivity contribution in [3.63, 3.8) is 0 Å². The third kappa shape index (κ3) is 7.37. The first kappa shape index (κ1) is 30.3. The summed E-state index contributed by atoms with van der Waals surface area (Å²) in [6.45, 7) is 10.5. The lowest BCUT2D eigenvalue weighted by Gasteiger charge is -2.26. The van der Waals surface area contributed by atoms with Crippen molar-refractivity contribution in [2.75, 3.05) is 18.4 Å². The zero-order valence-corrected chi connectivity index (χ0v) is 24.6.